The summed E-state index contributed by atoms with van der Waals surface area (Å²) in [5.74, 6) is 0.724. The van der Waals surface area contributed by atoms with Crippen LogP contribution in [0, 0.1) is 13.8 Å². The highest BCUT2D eigenvalue weighted by Gasteiger charge is 2.27. The molecule has 1 aliphatic heterocycles. The van der Waals surface area contributed by atoms with E-state index in [9.17, 15) is 8.42 Å². The van der Waals surface area contributed by atoms with Gasteiger partial charge in [-0.1, -0.05) is 24.3 Å². The third kappa shape index (κ3) is 3.50. The second kappa shape index (κ2) is 7.33. The van der Waals surface area contributed by atoms with Crippen LogP contribution in [0.25, 0.3) is 17.1 Å². The Morgan fingerprint density at radius 3 is 2.61 bits per heavy atom. The van der Waals surface area contributed by atoms with Crippen LogP contribution >= 0.6 is 0 Å². The lowest BCUT2D eigenvalue weighted by atomic mass is 10.0. The number of benzene rings is 1. The van der Waals surface area contributed by atoms with Crippen LogP contribution in [-0.4, -0.2) is 40.8 Å². The Hall–Kier alpha value is -2.77. The van der Waals surface area contributed by atoms with Crippen LogP contribution in [0.4, 0.5) is 0 Å². The molecule has 3 aromatic rings. The smallest absolute Gasteiger partial charge is 0.243 e. The fourth-order valence-electron chi connectivity index (χ4n) is 3.30. The Morgan fingerprint density at radius 2 is 1.89 bits per heavy atom. The minimum absolute atomic E-state index is 0.327. The maximum Gasteiger partial charge on any atom is 0.243 e. The number of pyridine rings is 1. The predicted octanol–water partition coefficient (Wildman–Crippen LogP) is 3.57. The molecule has 0 saturated carbocycles. The molecule has 0 atom stereocenters. The van der Waals surface area contributed by atoms with Crippen LogP contribution in [0.1, 0.15) is 23.4 Å². The number of aromatic nitrogens is 3. The zero-order valence-electron chi connectivity index (χ0n) is 15.9. The van der Waals surface area contributed by atoms with E-state index in [0.29, 0.717) is 24.4 Å². The summed E-state index contributed by atoms with van der Waals surface area (Å²) in [5, 5.41) is 0. The van der Waals surface area contributed by atoms with Crippen molar-refractivity contribution in [2.45, 2.75) is 25.2 Å². The van der Waals surface area contributed by atoms with Gasteiger partial charge in [-0.25, -0.2) is 13.4 Å². The van der Waals surface area contributed by atoms with Crippen molar-refractivity contribution >= 4 is 15.6 Å². The van der Waals surface area contributed by atoms with Crippen molar-refractivity contribution in [2.24, 2.45) is 0 Å². The van der Waals surface area contributed by atoms with Crippen molar-refractivity contribution in [3.8, 4) is 11.5 Å². The van der Waals surface area contributed by atoms with Gasteiger partial charge in [-0.05, 0) is 55.7 Å². The Kier molecular flexibility index (Phi) is 4.87. The number of H-pyrrole nitrogens is 1. The van der Waals surface area contributed by atoms with E-state index in [0.717, 1.165) is 34.0 Å². The summed E-state index contributed by atoms with van der Waals surface area (Å²) < 4.78 is 27.5. The van der Waals surface area contributed by atoms with E-state index in [-0.39, 0.29) is 0 Å². The molecule has 0 fully saturated rings. The standard InChI is InChI=1S/C21H22N4O2S/c1-15-16(2)24-21(23-15)20-13-17(10-11-22-20)18-7-6-12-25(14-18)28(26,27)19-8-4-3-5-9-19/h3-5,7-11,13H,6,12,14H2,1-2H3,(H,23,24). The molecule has 0 unspecified atom stereocenters. The van der Waals surface area contributed by atoms with Gasteiger partial charge in [0.2, 0.25) is 10.0 Å². The van der Waals surface area contributed by atoms with E-state index in [4.69, 9.17) is 0 Å². The Balaban J connectivity index is 1.62. The Labute approximate surface area is 165 Å². The molecule has 0 spiro atoms. The van der Waals surface area contributed by atoms with E-state index in [1.807, 2.05) is 32.0 Å². The van der Waals surface area contributed by atoms with Crippen LogP contribution < -0.4 is 0 Å². The normalized spacial score (nSPS) is 15.4. The molecule has 3 heterocycles. The fraction of sp³-hybridized carbons (Fsp3) is 0.238. The summed E-state index contributed by atoms with van der Waals surface area (Å²) in [4.78, 5) is 12.5. The highest BCUT2D eigenvalue weighted by Crippen LogP contribution is 2.27. The summed E-state index contributed by atoms with van der Waals surface area (Å²) >= 11 is 0. The van der Waals surface area contributed by atoms with Gasteiger partial charge in [-0.15, -0.1) is 0 Å². The molecule has 6 nitrogen and oxygen atoms in total. The molecule has 0 radical (unpaired) electrons. The molecule has 0 bridgehead atoms. The zero-order chi connectivity index (χ0) is 19.7. The third-order valence-corrected chi connectivity index (χ3v) is 6.86. The summed E-state index contributed by atoms with van der Waals surface area (Å²) in [6.45, 7) is 4.76. The van der Waals surface area contributed by atoms with Crippen LogP contribution in [0.15, 0.2) is 59.6 Å². The van der Waals surface area contributed by atoms with E-state index in [2.05, 4.69) is 21.0 Å². The molecule has 0 aliphatic carbocycles. The van der Waals surface area contributed by atoms with Crippen molar-refractivity contribution in [2.75, 3.05) is 13.1 Å². The van der Waals surface area contributed by atoms with Gasteiger partial charge in [0.25, 0.3) is 0 Å². The summed E-state index contributed by atoms with van der Waals surface area (Å²) in [6.07, 6.45) is 4.52. The topological polar surface area (TPSA) is 79.0 Å². The Morgan fingerprint density at radius 1 is 1.11 bits per heavy atom. The van der Waals surface area contributed by atoms with Crippen LogP contribution in [-0.2, 0) is 10.0 Å². The first-order valence-electron chi connectivity index (χ1n) is 9.19. The second-order valence-electron chi connectivity index (χ2n) is 6.90. The first kappa shape index (κ1) is 18.6. The van der Waals surface area contributed by atoms with Gasteiger partial charge in [0.05, 0.1) is 10.6 Å². The van der Waals surface area contributed by atoms with E-state index in [1.54, 1.807) is 34.8 Å². The quantitative estimate of drug-likeness (QED) is 0.734. The van der Waals surface area contributed by atoms with Gasteiger partial charge in [0.15, 0.2) is 5.82 Å². The SMILES string of the molecule is Cc1nc(-c2cc(C3=CCCN(S(=O)(=O)c4ccccc4)C3)ccn2)[nH]c1C. The molecule has 2 aromatic heterocycles. The molecule has 1 aromatic carbocycles. The maximum atomic E-state index is 13.0. The highest BCUT2D eigenvalue weighted by atomic mass is 32.2. The van der Waals surface area contributed by atoms with Crippen LogP contribution in [0.5, 0.6) is 0 Å². The molecular formula is C21H22N4O2S. The van der Waals surface area contributed by atoms with Crippen molar-refractivity contribution in [3.05, 3.63) is 71.7 Å². The van der Waals surface area contributed by atoms with E-state index < -0.39 is 10.0 Å². The molecule has 144 valence electrons. The largest absolute Gasteiger partial charge is 0.341 e. The summed E-state index contributed by atoms with van der Waals surface area (Å²) in [6, 6.07) is 12.5. The molecule has 28 heavy (non-hydrogen) atoms. The molecule has 1 aliphatic rings. The summed E-state index contributed by atoms with van der Waals surface area (Å²) in [5.41, 5.74) is 4.65. The second-order valence-corrected chi connectivity index (χ2v) is 8.83. The van der Waals surface area contributed by atoms with Crippen molar-refractivity contribution in [3.63, 3.8) is 0 Å². The predicted molar refractivity (Wildman–Crippen MR) is 109 cm³/mol. The van der Waals surface area contributed by atoms with Crippen LogP contribution in [0.2, 0.25) is 0 Å². The molecule has 0 amide bonds. The molecule has 7 heteroatoms. The first-order chi connectivity index (χ1) is 13.4. The number of sulfonamides is 1. The number of aromatic amines is 1. The molecule has 1 N–H and O–H groups in total. The maximum absolute atomic E-state index is 13.0. The van der Waals surface area contributed by atoms with E-state index >= 15 is 0 Å². The number of aryl methyl sites for hydroxylation is 2. The third-order valence-electron chi connectivity index (χ3n) is 5.00. The first-order valence-corrected chi connectivity index (χ1v) is 10.6. The number of hydrogen-bond donors (Lipinski definition) is 1. The minimum Gasteiger partial charge on any atom is -0.341 e. The molecule has 0 saturated heterocycles. The summed E-state index contributed by atoms with van der Waals surface area (Å²) in [7, 11) is -3.51. The van der Waals surface area contributed by atoms with Gasteiger partial charge in [0.1, 0.15) is 5.69 Å². The number of nitrogens with one attached hydrogen (secondary N) is 1. The lowest BCUT2D eigenvalue weighted by Gasteiger charge is -2.27. The van der Waals surface area contributed by atoms with Gasteiger partial charge < -0.3 is 4.98 Å². The van der Waals surface area contributed by atoms with Crippen LogP contribution in [0.3, 0.4) is 0 Å². The fourth-order valence-corrected chi connectivity index (χ4v) is 4.75. The lowest BCUT2D eigenvalue weighted by molar-refractivity contribution is 0.443. The lowest BCUT2D eigenvalue weighted by Crippen LogP contribution is -2.35. The monoisotopic (exact) mass is 394 g/mol. The van der Waals surface area contributed by atoms with Crippen molar-refractivity contribution < 1.29 is 8.42 Å². The number of nitrogens with zero attached hydrogens (tertiary/aromatic N) is 3. The Bertz CT molecular complexity index is 1110. The molecular weight excluding hydrogens is 372 g/mol. The number of rotatable bonds is 4. The van der Waals surface area contributed by atoms with Gasteiger partial charge in [0, 0.05) is 25.0 Å². The molecule has 4 rings (SSSR count). The van der Waals surface area contributed by atoms with Gasteiger partial charge in [-0.3, -0.25) is 4.98 Å². The zero-order valence-corrected chi connectivity index (χ0v) is 16.7. The average molecular weight is 395 g/mol. The van der Waals surface area contributed by atoms with E-state index in [1.165, 1.54) is 0 Å². The van der Waals surface area contributed by atoms with Gasteiger partial charge >= 0.3 is 0 Å². The van der Waals surface area contributed by atoms with Crippen molar-refractivity contribution in [1.82, 2.24) is 19.3 Å². The minimum atomic E-state index is -3.51. The average Bonchev–Trinajstić information content (AvgIpc) is 3.07. The number of hydrogen-bond acceptors (Lipinski definition) is 4. The van der Waals surface area contributed by atoms with Gasteiger partial charge in [-0.2, -0.15) is 4.31 Å². The van der Waals surface area contributed by atoms with Crippen molar-refractivity contribution in [1.29, 1.82) is 0 Å². The number of imidazole rings is 1. The highest BCUT2D eigenvalue weighted by molar-refractivity contribution is 7.89.